The molecular formula is C24H40O3. The molecule has 0 bridgehead atoms. The Kier molecular flexibility index (Phi) is 10.8. The van der Waals surface area contributed by atoms with Crippen molar-refractivity contribution >= 4 is 5.97 Å². The number of allylic oxidation sites excluding steroid dienone is 3. The lowest BCUT2D eigenvalue weighted by molar-refractivity contribution is -0.158. The number of esters is 1. The van der Waals surface area contributed by atoms with E-state index >= 15 is 0 Å². The highest BCUT2D eigenvalue weighted by molar-refractivity contribution is 5.70. The van der Waals surface area contributed by atoms with Gasteiger partial charge in [-0.3, -0.25) is 4.79 Å². The van der Waals surface area contributed by atoms with Gasteiger partial charge in [0.2, 0.25) is 0 Å². The van der Waals surface area contributed by atoms with Crippen LogP contribution in [0, 0.1) is 11.8 Å². The SMILES string of the molecule is CCCCCCCCC(O)/C=C/C=C/[C@H]1CCCC[C@H]1C1CCCC(=O)O1. The average Bonchev–Trinajstić information content (AvgIpc) is 2.68. The van der Waals surface area contributed by atoms with Crippen molar-refractivity contribution in [3.8, 4) is 0 Å². The van der Waals surface area contributed by atoms with E-state index in [4.69, 9.17) is 4.74 Å². The van der Waals surface area contributed by atoms with E-state index in [2.05, 4.69) is 19.1 Å². The summed E-state index contributed by atoms with van der Waals surface area (Å²) < 4.78 is 5.65. The van der Waals surface area contributed by atoms with Gasteiger partial charge in [-0.15, -0.1) is 0 Å². The zero-order valence-corrected chi connectivity index (χ0v) is 17.3. The van der Waals surface area contributed by atoms with Gasteiger partial charge in [-0.25, -0.2) is 0 Å². The second-order valence-corrected chi connectivity index (χ2v) is 8.43. The van der Waals surface area contributed by atoms with E-state index in [1.54, 1.807) is 0 Å². The Balaban J connectivity index is 1.70. The predicted molar refractivity (Wildman–Crippen MR) is 111 cm³/mol. The Hall–Kier alpha value is -1.09. The summed E-state index contributed by atoms with van der Waals surface area (Å²) in [4.78, 5) is 11.6. The standard InChI is InChI=1S/C24H40O3/c1-2-3-4-5-6-7-15-21(25)16-10-8-13-20-14-9-11-17-22(20)23-18-12-19-24(26)27-23/h8,10,13,16,20-23,25H,2-7,9,11-12,14-15,17-19H2,1H3/b13-8+,16-10+/t20-,21?,22+,23?/m0/s1. The predicted octanol–water partition coefficient (Wildman–Crippen LogP) is 6.11. The molecule has 0 spiro atoms. The van der Waals surface area contributed by atoms with Gasteiger partial charge >= 0.3 is 5.97 Å². The molecule has 1 aliphatic carbocycles. The van der Waals surface area contributed by atoms with Crippen LogP contribution in [0.4, 0.5) is 0 Å². The van der Waals surface area contributed by atoms with Crippen LogP contribution in [0.15, 0.2) is 24.3 Å². The summed E-state index contributed by atoms with van der Waals surface area (Å²) in [5.74, 6) is 0.952. The number of ether oxygens (including phenoxy) is 1. The first-order chi connectivity index (χ1) is 13.2. The van der Waals surface area contributed by atoms with Crippen LogP contribution >= 0.6 is 0 Å². The first kappa shape index (κ1) is 22.2. The number of aliphatic hydroxyl groups is 1. The molecule has 2 fully saturated rings. The maximum Gasteiger partial charge on any atom is 0.306 e. The Bertz CT molecular complexity index is 468. The summed E-state index contributed by atoms with van der Waals surface area (Å²) in [6, 6.07) is 0. The third-order valence-electron chi connectivity index (χ3n) is 6.16. The highest BCUT2D eigenvalue weighted by Crippen LogP contribution is 2.37. The lowest BCUT2D eigenvalue weighted by Gasteiger charge is -2.37. The molecule has 0 aromatic rings. The van der Waals surface area contributed by atoms with Gasteiger partial charge in [0, 0.05) is 12.3 Å². The van der Waals surface area contributed by atoms with Crippen LogP contribution in [0.1, 0.15) is 96.8 Å². The molecule has 1 aliphatic heterocycles. The Morgan fingerprint density at radius 1 is 1.04 bits per heavy atom. The quantitative estimate of drug-likeness (QED) is 0.269. The van der Waals surface area contributed by atoms with Gasteiger partial charge < -0.3 is 9.84 Å². The van der Waals surface area contributed by atoms with E-state index in [9.17, 15) is 9.90 Å². The van der Waals surface area contributed by atoms with Gasteiger partial charge in [0.15, 0.2) is 0 Å². The highest BCUT2D eigenvalue weighted by Gasteiger charge is 2.34. The zero-order valence-electron chi connectivity index (χ0n) is 17.3. The monoisotopic (exact) mass is 376 g/mol. The van der Waals surface area contributed by atoms with E-state index < -0.39 is 0 Å². The minimum Gasteiger partial charge on any atom is -0.462 e. The summed E-state index contributed by atoms with van der Waals surface area (Å²) in [5, 5.41) is 10.1. The molecule has 0 amide bonds. The fraction of sp³-hybridized carbons (Fsp3) is 0.792. The van der Waals surface area contributed by atoms with E-state index in [1.807, 2.05) is 12.2 Å². The molecule has 4 atom stereocenters. The third-order valence-corrected chi connectivity index (χ3v) is 6.16. The number of hydrogen-bond acceptors (Lipinski definition) is 3. The Labute approximate surface area is 166 Å². The molecule has 1 N–H and O–H groups in total. The molecule has 27 heavy (non-hydrogen) atoms. The number of carbonyl (C=O) groups excluding carboxylic acids is 1. The first-order valence-electron chi connectivity index (χ1n) is 11.4. The summed E-state index contributed by atoms with van der Waals surface area (Å²) >= 11 is 0. The third kappa shape index (κ3) is 8.64. The number of rotatable bonds is 11. The maximum absolute atomic E-state index is 11.6. The van der Waals surface area contributed by atoms with Crippen molar-refractivity contribution in [2.75, 3.05) is 0 Å². The molecule has 1 heterocycles. The second-order valence-electron chi connectivity index (χ2n) is 8.43. The number of cyclic esters (lactones) is 1. The van der Waals surface area contributed by atoms with Gasteiger partial charge in [-0.1, -0.05) is 82.6 Å². The Morgan fingerprint density at radius 2 is 1.81 bits per heavy atom. The zero-order chi connectivity index (χ0) is 19.3. The number of hydrogen-bond donors (Lipinski definition) is 1. The van der Waals surface area contributed by atoms with Crippen molar-refractivity contribution in [2.45, 2.75) is 109 Å². The van der Waals surface area contributed by atoms with Gasteiger partial charge in [-0.2, -0.15) is 0 Å². The normalized spacial score (nSPS) is 27.9. The number of aliphatic hydroxyl groups excluding tert-OH is 1. The van der Waals surface area contributed by atoms with Crippen molar-refractivity contribution in [1.29, 1.82) is 0 Å². The molecule has 0 aromatic heterocycles. The molecular weight excluding hydrogens is 336 g/mol. The van der Waals surface area contributed by atoms with Crippen molar-refractivity contribution in [3.05, 3.63) is 24.3 Å². The summed E-state index contributed by atoms with van der Waals surface area (Å²) in [7, 11) is 0. The van der Waals surface area contributed by atoms with Crippen molar-refractivity contribution in [2.24, 2.45) is 11.8 Å². The maximum atomic E-state index is 11.6. The van der Waals surface area contributed by atoms with E-state index in [-0.39, 0.29) is 18.2 Å². The minimum absolute atomic E-state index is 0.0164. The van der Waals surface area contributed by atoms with Gasteiger partial charge in [-0.05, 0) is 38.0 Å². The molecule has 1 saturated heterocycles. The van der Waals surface area contributed by atoms with Crippen LogP contribution in [0.2, 0.25) is 0 Å². The van der Waals surface area contributed by atoms with Crippen molar-refractivity contribution in [1.82, 2.24) is 0 Å². The molecule has 1 saturated carbocycles. The van der Waals surface area contributed by atoms with Crippen LogP contribution in [-0.2, 0) is 9.53 Å². The molecule has 2 rings (SSSR count). The largest absolute Gasteiger partial charge is 0.462 e. The van der Waals surface area contributed by atoms with Crippen LogP contribution < -0.4 is 0 Å². The summed E-state index contributed by atoms with van der Waals surface area (Å²) in [6.45, 7) is 2.24. The van der Waals surface area contributed by atoms with Gasteiger partial charge in [0.05, 0.1) is 6.10 Å². The summed E-state index contributed by atoms with van der Waals surface area (Å²) in [5.41, 5.74) is 0. The second kappa shape index (κ2) is 13.1. The molecule has 3 heteroatoms. The van der Waals surface area contributed by atoms with Crippen molar-refractivity contribution < 1.29 is 14.6 Å². The van der Waals surface area contributed by atoms with Crippen LogP contribution in [0.3, 0.4) is 0 Å². The lowest BCUT2D eigenvalue weighted by Crippen LogP contribution is -2.36. The topological polar surface area (TPSA) is 46.5 Å². The minimum atomic E-state index is -0.331. The molecule has 2 unspecified atom stereocenters. The molecule has 2 aliphatic rings. The molecule has 154 valence electrons. The average molecular weight is 377 g/mol. The van der Waals surface area contributed by atoms with E-state index in [0.717, 1.165) is 32.1 Å². The van der Waals surface area contributed by atoms with E-state index in [0.29, 0.717) is 18.3 Å². The first-order valence-corrected chi connectivity index (χ1v) is 11.4. The van der Waals surface area contributed by atoms with Gasteiger partial charge in [0.1, 0.15) is 6.10 Å². The van der Waals surface area contributed by atoms with Crippen LogP contribution in [0.5, 0.6) is 0 Å². The number of carbonyl (C=O) groups is 1. The molecule has 0 radical (unpaired) electrons. The molecule has 3 nitrogen and oxygen atoms in total. The van der Waals surface area contributed by atoms with Crippen LogP contribution in [0.25, 0.3) is 0 Å². The Morgan fingerprint density at radius 3 is 2.63 bits per heavy atom. The number of unbranched alkanes of at least 4 members (excludes halogenated alkanes) is 5. The highest BCUT2D eigenvalue weighted by atomic mass is 16.5. The fourth-order valence-corrected chi connectivity index (χ4v) is 4.55. The van der Waals surface area contributed by atoms with Crippen LogP contribution in [-0.4, -0.2) is 23.3 Å². The van der Waals surface area contributed by atoms with E-state index in [1.165, 1.54) is 51.4 Å². The van der Waals surface area contributed by atoms with Crippen molar-refractivity contribution in [3.63, 3.8) is 0 Å². The molecule has 0 aromatic carbocycles. The fourth-order valence-electron chi connectivity index (χ4n) is 4.55. The smallest absolute Gasteiger partial charge is 0.306 e. The lowest BCUT2D eigenvalue weighted by atomic mass is 9.74. The van der Waals surface area contributed by atoms with Gasteiger partial charge in [0.25, 0.3) is 0 Å². The summed E-state index contributed by atoms with van der Waals surface area (Å²) in [6.07, 6.45) is 23.9.